The maximum atomic E-state index is 11.2. The Hall–Kier alpha value is -0.550. The van der Waals surface area contributed by atoms with Crippen LogP contribution in [0.1, 0.15) is 13.3 Å². The first kappa shape index (κ1) is 11.5. The lowest BCUT2D eigenvalue weighted by Crippen LogP contribution is -2.23. The van der Waals surface area contributed by atoms with Crippen LogP contribution < -0.4 is 10.9 Å². The van der Waals surface area contributed by atoms with Gasteiger partial charge in [-0.15, -0.1) is 11.6 Å². The van der Waals surface area contributed by atoms with E-state index in [1.54, 1.807) is 0 Å². The van der Waals surface area contributed by atoms with Crippen LogP contribution in [0.4, 0.5) is 5.82 Å². The van der Waals surface area contributed by atoms with Gasteiger partial charge in [0, 0.05) is 11.9 Å². The van der Waals surface area contributed by atoms with Gasteiger partial charge in [0.05, 0.1) is 6.33 Å². The molecule has 0 aliphatic carbocycles. The predicted molar refractivity (Wildman–Crippen MR) is 61.0 cm³/mol. The van der Waals surface area contributed by atoms with Crippen molar-refractivity contribution in [2.24, 2.45) is 0 Å². The molecule has 0 amide bonds. The fourth-order valence-corrected chi connectivity index (χ4v) is 1.55. The molecule has 0 aromatic carbocycles. The number of anilines is 1. The second kappa shape index (κ2) is 5.36. The molecule has 78 valence electrons. The van der Waals surface area contributed by atoms with Crippen molar-refractivity contribution in [2.45, 2.75) is 19.4 Å². The normalized spacial score (nSPS) is 12.5. The summed E-state index contributed by atoms with van der Waals surface area (Å²) < 4.78 is 0.406. The highest BCUT2D eigenvalue weighted by molar-refractivity contribution is 9.10. The Balaban J connectivity index is 2.86. The summed E-state index contributed by atoms with van der Waals surface area (Å²) in [7, 11) is 0. The molecule has 0 saturated carbocycles. The van der Waals surface area contributed by atoms with E-state index in [1.165, 1.54) is 6.33 Å². The Labute approximate surface area is 95.2 Å². The van der Waals surface area contributed by atoms with E-state index in [0.717, 1.165) is 6.42 Å². The van der Waals surface area contributed by atoms with Gasteiger partial charge < -0.3 is 10.3 Å². The fourth-order valence-electron chi connectivity index (χ4n) is 0.927. The van der Waals surface area contributed by atoms with Crippen molar-refractivity contribution in [1.29, 1.82) is 0 Å². The summed E-state index contributed by atoms with van der Waals surface area (Å²) in [6.45, 7) is 2.02. The molecule has 0 aliphatic rings. The second-order valence-electron chi connectivity index (χ2n) is 2.80. The number of nitrogens with zero attached hydrogens (tertiary/aromatic N) is 1. The topological polar surface area (TPSA) is 57.8 Å². The molecule has 0 fully saturated rings. The number of aromatic nitrogens is 2. The summed E-state index contributed by atoms with van der Waals surface area (Å²) in [5.74, 6) is 1.01. The highest BCUT2D eigenvalue weighted by atomic mass is 79.9. The molecule has 0 bridgehead atoms. The minimum atomic E-state index is -0.202. The number of nitrogens with one attached hydrogen (secondary N) is 2. The summed E-state index contributed by atoms with van der Waals surface area (Å²) in [6, 6.07) is 0.127. The van der Waals surface area contributed by atoms with Gasteiger partial charge in [-0.1, -0.05) is 6.92 Å². The zero-order chi connectivity index (χ0) is 10.6. The van der Waals surface area contributed by atoms with Crippen LogP contribution in [0.5, 0.6) is 0 Å². The molecule has 1 atom stereocenters. The number of hydrogen-bond acceptors (Lipinski definition) is 3. The third-order valence-corrected chi connectivity index (χ3v) is 2.92. The van der Waals surface area contributed by atoms with E-state index in [1.807, 2.05) is 6.92 Å². The van der Waals surface area contributed by atoms with E-state index in [2.05, 4.69) is 31.2 Å². The first-order valence-electron chi connectivity index (χ1n) is 4.24. The second-order valence-corrected chi connectivity index (χ2v) is 3.90. The summed E-state index contributed by atoms with van der Waals surface area (Å²) in [4.78, 5) is 17.6. The first-order valence-corrected chi connectivity index (χ1v) is 5.57. The van der Waals surface area contributed by atoms with Crippen LogP contribution in [0.15, 0.2) is 15.6 Å². The Morgan fingerprint density at radius 3 is 3.07 bits per heavy atom. The molecular weight excluding hydrogens is 269 g/mol. The van der Waals surface area contributed by atoms with Gasteiger partial charge in [-0.25, -0.2) is 4.98 Å². The monoisotopic (exact) mass is 279 g/mol. The highest BCUT2D eigenvalue weighted by Crippen LogP contribution is 2.15. The minimum Gasteiger partial charge on any atom is -0.365 e. The van der Waals surface area contributed by atoms with Crippen LogP contribution in [0.2, 0.25) is 0 Å². The molecule has 1 aromatic heterocycles. The van der Waals surface area contributed by atoms with Gasteiger partial charge >= 0.3 is 0 Å². The molecular formula is C8H11BrClN3O. The van der Waals surface area contributed by atoms with E-state index < -0.39 is 0 Å². The smallest absolute Gasteiger partial charge is 0.267 e. The molecule has 2 N–H and O–H groups in total. The molecule has 1 heterocycles. The zero-order valence-corrected chi connectivity index (χ0v) is 10.0. The van der Waals surface area contributed by atoms with E-state index in [0.29, 0.717) is 16.2 Å². The lowest BCUT2D eigenvalue weighted by Gasteiger charge is -2.14. The minimum absolute atomic E-state index is 0.127. The number of rotatable bonds is 4. The Kier molecular flexibility index (Phi) is 4.41. The molecule has 0 spiro atoms. The van der Waals surface area contributed by atoms with Gasteiger partial charge in [0.15, 0.2) is 0 Å². The molecule has 1 rings (SSSR count). The molecule has 0 radical (unpaired) electrons. The third-order valence-electron chi connectivity index (χ3n) is 1.82. The number of hydrogen-bond donors (Lipinski definition) is 2. The van der Waals surface area contributed by atoms with E-state index in [4.69, 9.17) is 11.6 Å². The van der Waals surface area contributed by atoms with E-state index in [-0.39, 0.29) is 11.6 Å². The number of alkyl halides is 1. The van der Waals surface area contributed by atoms with Gasteiger partial charge in [-0.05, 0) is 22.4 Å². The molecule has 6 heteroatoms. The van der Waals surface area contributed by atoms with Crippen LogP contribution in [0, 0.1) is 0 Å². The number of halogens is 2. The predicted octanol–water partition coefficient (Wildman–Crippen LogP) is 1.96. The van der Waals surface area contributed by atoms with Crippen molar-refractivity contribution in [3.63, 3.8) is 0 Å². The first-order chi connectivity index (χ1) is 6.69. The average Bonchev–Trinajstić information content (AvgIpc) is 2.20. The average molecular weight is 281 g/mol. The molecule has 0 saturated heterocycles. The van der Waals surface area contributed by atoms with E-state index >= 15 is 0 Å². The maximum Gasteiger partial charge on any atom is 0.267 e. The van der Waals surface area contributed by atoms with Gasteiger partial charge in [0.1, 0.15) is 10.3 Å². The van der Waals surface area contributed by atoms with Crippen LogP contribution in [-0.2, 0) is 0 Å². The van der Waals surface area contributed by atoms with Gasteiger partial charge in [-0.3, -0.25) is 4.79 Å². The van der Waals surface area contributed by atoms with Crippen molar-refractivity contribution < 1.29 is 0 Å². The fraction of sp³-hybridized carbons (Fsp3) is 0.500. The molecule has 4 nitrogen and oxygen atoms in total. The van der Waals surface area contributed by atoms with E-state index in [9.17, 15) is 4.79 Å². The summed E-state index contributed by atoms with van der Waals surface area (Å²) >= 11 is 8.87. The van der Waals surface area contributed by atoms with Crippen LogP contribution in [-0.4, -0.2) is 21.9 Å². The van der Waals surface area contributed by atoms with Crippen molar-refractivity contribution in [3.8, 4) is 0 Å². The maximum absolute atomic E-state index is 11.2. The lowest BCUT2D eigenvalue weighted by atomic mass is 10.2. The number of aromatic amines is 1. The number of H-pyrrole nitrogens is 1. The standard InChI is InChI=1S/C8H11BrClN3O/c1-2-5(3-10)13-7-6(9)8(14)12-4-11-7/h4-5H,2-3H2,1H3,(H2,11,12,13,14). The quantitative estimate of drug-likeness (QED) is 0.829. The van der Waals surface area contributed by atoms with Crippen LogP contribution in [0.3, 0.4) is 0 Å². The highest BCUT2D eigenvalue weighted by Gasteiger charge is 2.09. The van der Waals surface area contributed by atoms with Gasteiger partial charge in [-0.2, -0.15) is 0 Å². The van der Waals surface area contributed by atoms with Gasteiger partial charge in [0.25, 0.3) is 5.56 Å². The Bertz CT molecular complexity index is 351. The van der Waals surface area contributed by atoms with Crippen molar-refractivity contribution in [2.75, 3.05) is 11.2 Å². The molecule has 1 aromatic rings. The summed E-state index contributed by atoms with van der Waals surface area (Å²) in [5.41, 5.74) is -0.202. The van der Waals surface area contributed by atoms with Crippen LogP contribution in [0.25, 0.3) is 0 Å². The third kappa shape index (κ3) is 2.72. The molecule has 1 unspecified atom stereocenters. The Morgan fingerprint density at radius 2 is 2.50 bits per heavy atom. The lowest BCUT2D eigenvalue weighted by molar-refractivity contribution is 0.763. The van der Waals surface area contributed by atoms with Crippen molar-refractivity contribution in [1.82, 2.24) is 9.97 Å². The SMILES string of the molecule is CCC(CCl)Nc1nc[nH]c(=O)c1Br. The molecule has 0 aliphatic heterocycles. The largest absolute Gasteiger partial charge is 0.365 e. The van der Waals surface area contributed by atoms with Gasteiger partial charge in [0.2, 0.25) is 0 Å². The summed E-state index contributed by atoms with van der Waals surface area (Å²) in [6.07, 6.45) is 2.24. The van der Waals surface area contributed by atoms with Crippen molar-refractivity contribution in [3.05, 3.63) is 21.2 Å². The zero-order valence-electron chi connectivity index (χ0n) is 7.68. The summed E-state index contributed by atoms with van der Waals surface area (Å²) in [5, 5.41) is 3.08. The molecule has 14 heavy (non-hydrogen) atoms. The Morgan fingerprint density at radius 1 is 1.79 bits per heavy atom. The van der Waals surface area contributed by atoms with Crippen LogP contribution >= 0.6 is 27.5 Å². The van der Waals surface area contributed by atoms with Crippen molar-refractivity contribution >= 4 is 33.3 Å².